The van der Waals surface area contributed by atoms with Crippen LogP contribution in [0.4, 0.5) is 0 Å². The summed E-state index contributed by atoms with van der Waals surface area (Å²) in [6.45, 7) is 4.60. The zero-order valence-electron chi connectivity index (χ0n) is 30.3. The maximum atomic E-state index is 2.73. The van der Waals surface area contributed by atoms with Crippen LogP contribution in [-0.4, -0.2) is 0 Å². The van der Waals surface area contributed by atoms with Crippen molar-refractivity contribution in [3.63, 3.8) is 0 Å². The lowest BCUT2D eigenvalue weighted by molar-refractivity contribution is -0.248. The number of hydrogen-bond acceptors (Lipinski definition) is 0. The van der Waals surface area contributed by atoms with E-state index in [0.717, 1.165) is 0 Å². The van der Waals surface area contributed by atoms with Gasteiger partial charge in [-0.05, 0) is 156 Å². The van der Waals surface area contributed by atoms with Crippen molar-refractivity contribution in [3.05, 3.63) is 168 Å². The number of benzene rings is 4. The van der Waals surface area contributed by atoms with Crippen molar-refractivity contribution in [2.75, 3.05) is 0 Å². The number of hydrogen-bond donors (Lipinski definition) is 0. The van der Waals surface area contributed by atoms with Crippen molar-refractivity contribution in [2.24, 2.45) is 21.7 Å². The van der Waals surface area contributed by atoms with Crippen molar-refractivity contribution in [2.45, 2.75) is 113 Å². The van der Waals surface area contributed by atoms with Gasteiger partial charge in [0.2, 0.25) is 0 Å². The molecule has 4 atom stereocenters. The molecule has 0 amide bonds. The predicted octanol–water partition coefficient (Wildman–Crippen LogP) is 12.6. The average molecular weight is 655 g/mol. The van der Waals surface area contributed by atoms with Gasteiger partial charge >= 0.3 is 0 Å². The van der Waals surface area contributed by atoms with Crippen LogP contribution in [0.15, 0.2) is 146 Å². The van der Waals surface area contributed by atoms with Gasteiger partial charge in [-0.1, -0.05) is 146 Å². The van der Waals surface area contributed by atoms with Crippen molar-refractivity contribution < 1.29 is 0 Å². The van der Waals surface area contributed by atoms with E-state index in [2.05, 4.69) is 159 Å². The Morgan fingerprint density at radius 3 is 0.820 bits per heavy atom. The highest BCUT2D eigenvalue weighted by Gasteiger charge is 2.78. The Bertz CT molecular complexity index is 1690. The van der Waals surface area contributed by atoms with E-state index in [1.807, 2.05) is 0 Å². The molecule has 4 unspecified atom stereocenters. The summed E-state index contributed by atoms with van der Waals surface area (Å²) in [6.07, 6.45) is 26.2. The molecule has 12 rings (SSSR count). The Morgan fingerprint density at radius 2 is 0.580 bits per heavy atom. The van der Waals surface area contributed by atoms with E-state index in [9.17, 15) is 0 Å². The van der Waals surface area contributed by atoms with E-state index in [1.54, 1.807) is 22.3 Å². The molecule has 4 aromatic carbocycles. The van der Waals surface area contributed by atoms with Gasteiger partial charge in [0.1, 0.15) is 0 Å². The summed E-state index contributed by atoms with van der Waals surface area (Å²) < 4.78 is 0. The minimum atomic E-state index is 0.183. The third-order valence-electron chi connectivity index (χ3n) is 15.9. The molecule has 50 heavy (non-hydrogen) atoms. The Balaban J connectivity index is 1.26. The highest BCUT2D eigenvalue weighted by atomic mass is 14.8. The van der Waals surface area contributed by atoms with Gasteiger partial charge in [0.05, 0.1) is 0 Å². The third-order valence-corrected chi connectivity index (χ3v) is 15.9. The Kier molecular flexibility index (Phi) is 6.51. The van der Waals surface area contributed by atoms with Gasteiger partial charge < -0.3 is 0 Å². The van der Waals surface area contributed by atoms with Crippen molar-refractivity contribution >= 4 is 0 Å². The van der Waals surface area contributed by atoms with Gasteiger partial charge in [0.15, 0.2) is 0 Å². The monoisotopic (exact) mass is 654 g/mol. The summed E-state index contributed by atoms with van der Waals surface area (Å²) in [5.74, 6) is 0. The zero-order valence-corrected chi connectivity index (χ0v) is 30.3. The van der Waals surface area contributed by atoms with Crippen LogP contribution < -0.4 is 0 Å². The molecule has 8 aliphatic carbocycles. The standard InChI is InChI=1S/C50H54/c1-3-25-43-27-45(39-17-9-5-10-18-39)33-46(28-43,40-19-11-6-12-20-40)36-49(31-43,35-45)50-32-44(26-4-2)29-47(37-50,41-21-13-7-14-22-41)34-48(30-44,38-50)42-23-15-8-16-24-42/h3-26H,27-38H2,1-2H3/b25-3-,26-4-. The molecule has 0 spiro atoms. The average Bonchev–Trinajstić information content (AvgIpc) is 3.12. The molecule has 8 aliphatic rings. The molecular formula is C50H54. The minimum Gasteiger partial charge on any atom is -0.0911 e. The van der Waals surface area contributed by atoms with Crippen LogP contribution in [0.1, 0.15) is 113 Å². The topological polar surface area (TPSA) is 0 Å². The van der Waals surface area contributed by atoms with E-state index < -0.39 is 0 Å². The van der Waals surface area contributed by atoms with E-state index in [1.165, 1.54) is 77.0 Å². The first-order valence-electron chi connectivity index (χ1n) is 19.8. The van der Waals surface area contributed by atoms with Crippen LogP contribution >= 0.6 is 0 Å². The number of rotatable bonds is 7. The first-order chi connectivity index (χ1) is 24.3. The zero-order chi connectivity index (χ0) is 33.8. The summed E-state index contributed by atoms with van der Waals surface area (Å²) >= 11 is 0. The maximum absolute atomic E-state index is 2.73. The lowest BCUT2D eigenvalue weighted by Crippen LogP contribution is -2.73. The van der Waals surface area contributed by atoms with Crippen LogP contribution in [0.2, 0.25) is 0 Å². The van der Waals surface area contributed by atoms with E-state index >= 15 is 0 Å². The second kappa shape index (κ2) is 10.5. The molecule has 0 N–H and O–H groups in total. The molecular weight excluding hydrogens is 601 g/mol. The van der Waals surface area contributed by atoms with Crippen molar-refractivity contribution in [1.82, 2.24) is 0 Å². The fourth-order valence-corrected chi connectivity index (χ4v) is 16.0. The summed E-state index contributed by atoms with van der Waals surface area (Å²) in [5.41, 5.74) is 8.11. The quantitative estimate of drug-likeness (QED) is 0.174. The Hall–Kier alpha value is -3.64. The van der Waals surface area contributed by atoms with Crippen LogP contribution in [0.5, 0.6) is 0 Å². The van der Waals surface area contributed by atoms with Gasteiger partial charge in [0.25, 0.3) is 0 Å². The first kappa shape index (κ1) is 31.1. The van der Waals surface area contributed by atoms with E-state index in [0.29, 0.717) is 0 Å². The Labute approximate surface area is 301 Å². The molecule has 8 bridgehead atoms. The summed E-state index contributed by atoms with van der Waals surface area (Å²) in [6, 6.07) is 47.7. The first-order valence-corrected chi connectivity index (χ1v) is 19.8. The highest BCUT2D eigenvalue weighted by molar-refractivity contribution is 5.47. The lowest BCUT2D eigenvalue weighted by atomic mass is 9.23. The summed E-state index contributed by atoms with van der Waals surface area (Å²) in [5, 5.41) is 0. The van der Waals surface area contributed by atoms with Crippen LogP contribution in [-0.2, 0) is 21.7 Å². The van der Waals surface area contributed by atoms with Gasteiger partial charge in [-0.2, -0.15) is 0 Å². The van der Waals surface area contributed by atoms with E-state index in [-0.39, 0.29) is 43.3 Å². The third kappa shape index (κ3) is 4.17. The van der Waals surface area contributed by atoms with Gasteiger partial charge in [-0.3, -0.25) is 0 Å². The van der Waals surface area contributed by atoms with Gasteiger partial charge in [0, 0.05) is 0 Å². The molecule has 0 aliphatic heterocycles. The molecule has 0 heteroatoms. The fourth-order valence-electron chi connectivity index (χ4n) is 16.0. The lowest BCUT2D eigenvalue weighted by Gasteiger charge is -2.80. The maximum Gasteiger partial charge on any atom is -0.00248 e. The minimum absolute atomic E-state index is 0.183. The van der Waals surface area contributed by atoms with Crippen LogP contribution in [0.25, 0.3) is 0 Å². The predicted molar refractivity (Wildman–Crippen MR) is 207 cm³/mol. The molecule has 0 radical (unpaired) electrons. The molecule has 8 fully saturated rings. The summed E-state index contributed by atoms with van der Waals surface area (Å²) in [7, 11) is 0. The molecule has 0 nitrogen and oxygen atoms in total. The largest absolute Gasteiger partial charge is 0.0911 e. The van der Waals surface area contributed by atoms with Crippen LogP contribution in [0, 0.1) is 21.7 Å². The second-order valence-corrected chi connectivity index (χ2v) is 19.0. The molecule has 8 saturated carbocycles. The Morgan fingerprint density at radius 1 is 0.320 bits per heavy atom. The van der Waals surface area contributed by atoms with E-state index in [4.69, 9.17) is 0 Å². The van der Waals surface area contributed by atoms with Crippen molar-refractivity contribution in [1.29, 1.82) is 0 Å². The fraction of sp³-hybridized carbons (Fsp3) is 0.440. The van der Waals surface area contributed by atoms with Crippen molar-refractivity contribution in [3.8, 4) is 0 Å². The SMILES string of the molecule is C/C=C\C12CC3(c4ccccc4)CC(c4ccccc4)(C1)CC(C14CC5(/C=C\C)CC(c6ccccc6)(CC(c6ccccc6)(C5)C1)C4)(C2)C3. The molecule has 0 heterocycles. The number of allylic oxidation sites excluding steroid dienone is 4. The normalized spacial score (nSPS) is 42.5. The van der Waals surface area contributed by atoms with Crippen LogP contribution in [0.3, 0.4) is 0 Å². The molecule has 0 aromatic heterocycles. The highest BCUT2D eigenvalue weighted by Crippen LogP contribution is 2.85. The smallest absolute Gasteiger partial charge is 0.00248 e. The van der Waals surface area contributed by atoms with Gasteiger partial charge in [-0.15, -0.1) is 0 Å². The van der Waals surface area contributed by atoms with Gasteiger partial charge in [-0.25, -0.2) is 0 Å². The summed E-state index contributed by atoms with van der Waals surface area (Å²) in [4.78, 5) is 0. The second-order valence-electron chi connectivity index (χ2n) is 19.0. The molecule has 0 saturated heterocycles. The molecule has 4 aromatic rings. The molecule has 254 valence electrons.